The molecule has 198 valence electrons. The molecule has 1 saturated heterocycles. The van der Waals surface area contributed by atoms with E-state index in [1.54, 1.807) is 18.3 Å². The molecule has 3 heterocycles. The van der Waals surface area contributed by atoms with Crippen LogP contribution in [0.2, 0.25) is 0 Å². The number of ether oxygens (including phenoxy) is 1. The first kappa shape index (κ1) is 26.1. The van der Waals surface area contributed by atoms with Crippen molar-refractivity contribution >= 4 is 40.6 Å². The Morgan fingerprint density at radius 1 is 1.10 bits per heavy atom. The van der Waals surface area contributed by atoms with Crippen LogP contribution in [0.5, 0.6) is 0 Å². The third-order valence-electron chi connectivity index (χ3n) is 6.70. The third-order valence-corrected chi connectivity index (χ3v) is 7.01. The number of thiocarbonyl (C=S) groups is 1. The van der Waals surface area contributed by atoms with Crippen molar-refractivity contribution < 1.29 is 18.7 Å². The fourth-order valence-electron chi connectivity index (χ4n) is 4.74. The van der Waals surface area contributed by atoms with Gasteiger partial charge in [-0.2, -0.15) is 0 Å². The van der Waals surface area contributed by atoms with E-state index in [4.69, 9.17) is 21.4 Å². The second-order valence-corrected chi connectivity index (χ2v) is 9.52. The van der Waals surface area contributed by atoms with Crippen LogP contribution in [0.25, 0.3) is 11.3 Å². The van der Waals surface area contributed by atoms with E-state index in [-0.39, 0.29) is 18.0 Å². The molecule has 5 rings (SSSR count). The fourth-order valence-corrected chi connectivity index (χ4v) is 5.09. The van der Waals surface area contributed by atoms with E-state index in [0.717, 1.165) is 22.6 Å². The number of methoxy groups -OCH3 is 1. The molecule has 2 N–H and O–H groups in total. The molecule has 1 aliphatic rings. The number of pyridine rings is 1. The molecule has 2 aromatic heterocycles. The van der Waals surface area contributed by atoms with Crippen LogP contribution in [-0.2, 0) is 9.53 Å². The Balaban J connectivity index is 1.58. The highest BCUT2D eigenvalue weighted by Gasteiger charge is 2.42. The topological polar surface area (TPSA) is 96.7 Å². The van der Waals surface area contributed by atoms with Gasteiger partial charge in [0.15, 0.2) is 5.11 Å². The molecular formula is C30H28N4O4S. The number of aromatic nitrogens is 1. The first-order valence-electron chi connectivity index (χ1n) is 12.6. The van der Waals surface area contributed by atoms with Gasteiger partial charge in [0, 0.05) is 29.6 Å². The van der Waals surface area contributed by atoms with E-state index in [1.807, 2.05) is 79.4 Å². The number of carbonyl (C=O) groups is 2. The van der Waals surface area contributed by atoms with Crippen molar-refractivity contribution in [1.29, 1.82) is 0 Å². The van der Waals surface area contributed by atoms with Crippen molar-refractivity contribution in [3.63, 3.8) is 0 Å². The van der Waals surface area contributed by atoms with Gasteiger partial charge in [-0.1, -0.05) is 31.2 Å². The Labute approximate surface area is 232 Å². The SMILES string of the molecule is CCC(=O)Nc1ccc(N2C(=S)N[C@@H](c3ccccn3)[C@@H]2c2ccc(-c3ccccc3C(=O)OC)o2)cc1C. The minimum absolute atomic E-state index is 0.0485. The summed E-state index contributed by atoms with van der Waals surface area (Å²) < 4.78 is 11.4. The number of rotatable bonds is 7. The summed E-state index contributed by atoms with van der Waals surface area (Å²) in [6.45, 7) is 3.76. The molecule has 2 atom stereocenters. The second-order valence-electron chi connectivity index (χ2n) is 9.14. The molecule has 4 aromatic rings. The predicted octanol–water partition coefficient (Wildman–Crippen LogP) is 5.96. The summed E-state index contributed by atoms with van der Waals surface area (Å²) in [7, 11) is 1.36. The highest BCUT2D eigenvalue weighted by Crippen LogP contribution is 2.43. The highest BCUT2D eigenvalue weighted by atomic mass is 32.1. The van der Waals surface area contributed by atoms with E-state index < -0.39 is 5.97 Å². The molecule has 1 aliphatic heterocycles. The Bertz CT molecular complexity index is 1530. The summed E-state index contributed by atoms with van der Waals surface area (Å²) >= 11 is 5.83. The zero-order valence-electron chi connectivity index (χ0n) is 21.8. The van der Waals surface area contributed by atoms with Crippen LogP contribution in [0.1, 0.15) is 52.8 Å². The van der Waals surface area contributed by atoms with Crippen molar-refractivity contribution in [3.8, 4) is 11.3 Å². The number of anilines is 2. The standard InChI is InChI=1S/C30H28N4O4S/c1-4-26(35)32-22-13-12-19(17-18(22)2)34-28(27(33-30(34)39)23-11-7-8-16-31-23)25-15-14-24(38-25)20-9-5-6-10-21(20)29(36)37-3/h5-17,27-28H,4H2,1-3H3,(H,32,35)(H,33,39)/t27-,28-/m0/s1. The molecule has 2 aromatic carbocycles. The minimum atomic E-state index is -0.439. The number of carbonyl (C=O) groups excluding carboxylic acids is 2. The molecule has 0 aliphatic carbocycles. The summed E-state index contributed by atoms with van der Waals surface area (Å²) in [6, 6.07) is 21.8. The number of benzene rings is 2. The summed E-state index contributed by atoms with van der Waals surface area (Å²) in [5.41, 5.74) is 4.36. The number of hydrogen-bond donors (Lipinski definition) is 2. The molecule has 9 heteroatoms. The monoisotopic (exact) mass is 540 g/mol. The zero-order chi connectivity index (χ0) is 27.5. The molecule has 8 nitrogen and oxygen atoms in total. The van der Waals surface area contributed by atoms with Crippen LogP contribution in [0.15, 0.2) is 83.4 Å². The van der Waals surface area contributed by atoms with Gasteiger partial charge in [-0.05, 0) is 73.2 Å². The molecular weight excluding hydrogens is 512 g/mol. The summed E-state index contributed by atoms with van der Waals surface area (Å²) in [4.78, 5) is 31.0. The van der Waals surface area contributed by atoms with Gasteiger partial charge in [-0.15, -0.1) is 0 Å². The second kappa shape index (κ2) is 11.1. The van der Waals surface area contributed by atoms with E-state index in [1.165, 1.54) is 7.11 Å². The maximum atomic E-state index is 12.4. The van der Waals surface area contributed by atoms with Crippen molar-refractivity contribution in [2.24, 2.45) is 0 Å². The van der Waals surface area contributed by atoms with E-state index in [2.05, 4.69) is 15.6 Å². The number of hydrogen-bond acceptors (Lipinski definition) is 6. The molecule has 1 amide bonds. The molecule has 0 unspecified atom stereocenters. The highest BCUT2D eigenvalue weighted by molar-refractivity contribution is 7.80. The molecule has 1 fully saturated rings. The van der Waals surface area contributed by atoms with E-state index in [0.29, 0.717) is 34.2 Å². The molecule has 39 heavy (non-hydrogen) atoms. The minimum Gasteiger partial charge on any atom is -0.465 e. The van der Waals surface area contributed by atoms with Gasteiger partial charge in [0.1, 0.15) is 17.6 Å². The van der Waals surface area contributed by atoms with Gasteiger partial charge in [0.05, 0.1) is 24.4 Å². The van der Waals surface area contributed by atoms with Gasteiger partial charge >= 0.3 is 5.97 Å². The lowest BCUT2D eigenvalue weighted by molar-refractivity contribution is -0.115. The average molecular weight is 541 g/mol. The van der Waals surface area contributed by atoms with Crippen LogP contribution in [-0.4, -0.2) is 29.1 Å². The maximum absolute atomic E-state index is 12.4. The Morgan fingerprint density at radius 2 is 1.90 bits per heavy atom. The first-order valence-corrected chi connectivity index (χ1v) is 13.0. The number of nitrogens with zero attached hydrogens (tertiary/aromatic N) is 2. The number of aryl methyl sites for hydroxylation is 1. The van der Waals surface area contributed by atoms with Crippen molar-refractivity contribution in [3.05, 3.63) is 102 Å². The van der Waals surface area contributed by atoms with Crippen LogP contribution < -0.4 is 15.5 Å². The lowest BCUT2D eigenvalue weighted by Crippen LogP contribution is -2.29. The molecule has 0 spiro atoms. The van der Waals surface area contributed by atoms with Crippen LogP contribution in [0.4, 0.5) is 11.4 Å². The number of nitrogens with one attached hydrogen (secondary N) is 2. The lowest BCUT2D eigenvalue weighted by Gasteiger charge is -2.27. The molecule has 0 radical (unpaired) electrons. The zero-order valence-corrected chi connectivity index (χ0v) is 22.6. The van der Waals surface area contributed by atoms with Crippen LogP contribution in [0.3, 0.4) is 0 Å². The van der Waals surface area contributed by atoms with Crippen LogP contribution in [0, 0.1) is 6.92 Å². The maximum Gasteiger partial charge on any atom is 0.338 e. The summed E-state index contributed by atoms with van der Waals surface area (Å²) in [5, 5.41) is 6.88. The normalized spacial score (nSPS) is 16.6. The van der Waals surface area contributed by atoms with E-state index >= 15 is 0 Å². The fraction of sp³-hybridized carbons (Fsp3) is 0.200. The predicted molar refractivity (Wildman–Crippen MR) is 154 cm³/mol. The molecule has 0 saturated carbocycles. The van der Waals surface area contributed by atoms with Gasteiger partial charge in [-0.25, -0.2) is 4.79 Å². The molecule has 0 bridgehead atoms. The van der Waals surface area contributed by atoms with Gasteiger partial charge in [0.2, 0.25) is 5.91 Å². The number of furan rings is 1. The first-order chi connectivity index (χ1) is 18.9. The Morgan fingerprint density at radius 3 is 2.62 bits per heavy atom. The summed E-state index contributed by atoms with van der Waals surface area (Å²) in [6.07, 6.45) is 2.14. The number of esters is 1. The average Bonchev–Trinajstić information content (AvgIpc) is 3.58. The smallest absolute Gasteiger partial charge is 0.338 e. The van der Waals surface area contributed by atoms with Gasteiger partial charge in [-0.3, -0.25) is 9.78 Å². The van der Waals surface area contributed by atoms with Crippen molar-refractivity contribution in [2.45, 2.75) is 32.4 Å². The Kier molecular flexibility index (Phi) is 7.42. The quantitative estimate of drug-likeness (QED) is 0.219. The largest absolute Gasteiger partial charge is 0.465 e. The summed E-state index contributed by atoms with van der Waals surface area (Å²) in [5.74, 6) is 0.699. The van der Waals surface area contributed by atoms with Gasteiger partial charge in [0.25, 0.3) is 0 Å². The van der Waals surface area contributed by atoms with Crippen LogP contribution >= 0.6 is 12.2 Å². The van der Waals surface area contributed by atoms with Gasteiger partial charge < -0.3 is 24.7 Å². The van der Waals surface area contributed by atoms with Crippen molar-refractivity contribution in [2.75, 3.05) is 17.3 Å². The lowest BCUT2D eigenvalue weighted by atomic mass is 10.0. The van der Waals surface area contributed by atoms with E-state index in [9.17, 15) is 9.59 Å². The third kappa shape index (κ3) is 5.13. The Hall–Kier alpha value is -4.50. The van der Waals surface area contributed by atoms with Crippen molar-refractivity contribution in [1.82, 2.24) is 10.3 Å². The number of amides is 1.